The zero-order chi connectivity index (χ0) is 12.1. The Morgan fingerprint density at radius 1 is 1.53 bits per heavy atom. The van der Waals surface area contributed by atoms with Crippen molar-refractivity contribution in [1.82, 2.24) is 15.0 Å². The fraction of sp³-hybridized carbons (Fsp3) is 0.818. The van der Waals surface area contributed by atoms with E-state index in [2.05, 4.69) is 22.0 Å². The van der Waals surface area contributed by atoms with Gasteiger partial charge in [-0.25, -0.2) is 0 Å². The van der Waals surface area contributed by atoms with Crippen molar-refractivity contribution in [3.8, 4) is 0 Å². The Hall–Kier alpha value is -0.980. The number of hydrogen-bond donors (Lipinski definition) is 1. The lowest BCUT2D eigenvalue weighted by atomic mass is 10.2. The number of nitrogens with zero attached hydrogens (tertiary/aromatic N) is 3. The molecule has 1 saturated heterocycles. The summed E-state index contributed by atoms with van der Waals surface area (Å²) in [6.07, 6.45) is 1.82. The molecule has 0 aliphatic carbocycles. The highest BCUT2D eigenvalue weighted by atomic mass is 16.5. The summed E-state index contributed by atoms with van der Waals surface area (Å²) >= 11 is 0. The minimum atomic E-state index is 0.0388. The van der Waals surface area contributed by atoms with E-state index in [1.807, 2.05) is 0 Å². The summed E-state index contributed by atoms with van der Waals surface area (Å²) in [6, 6.07) is 0.0388. The van der Waals surface area contributed by atoms with E-state index >= 15 is 0 Å². The second-order valence-electron chi connectivity index (χ2n) is 4.24. The van der Waals surface area contributed by atoms with Crippen molar-refractivity contribution in [3.05, 3.63) is 11.7 Å². The average Bonchev–Trinajstić information content (AvgIpc) is 2.78. The van der Waals surface area contributed by atoms with Crippen LogP contribution in [0.2, 0.25) is 0 Å². The third kappa shape index (κ3) is 3.24. The Morgan fingerprint density at radius 2 is 2.41 bits per heavy atom. The van der Waals surface area contributed by atoms with Crippen molar-refractivity contribution < 1.29 is 14.4 Å². The van der Waals surface area contributed by atoms with Gasteiger partial charge in [0, 0.05) is 13.0 Å². The molecule has 0 aromatic carbocycles. The molecular formula is C11H19N3O3. The average molecular weight is 241 g/mol. The third-order valence-electron chi connectivity index (χ3n) is 2.88. The van der Waals surface area contributed by atoms with Crippen molar-refractivity contribution in [1.29, 1.82) is 0 Å². The molecule has 0 amide bonds. The third-order valence-corrected chi connectivity index (χ3v) is 2.88. The summed E-state index contributed by atoms with van der Waals surface area (Å²) in [5.41, 5.74) is 0. The second-order valence-corrected chi connectivity index (χ2v) is 4.24. The highest BCUT2D eigenvalue weighted by Gasteiger charge is 2.23. The van der Waals surface area contributed by atoms with Gasteiger partial charge in [0.15, 0.2) is 5.82 Å². The quantitative estimate of drug-likeness (QED) is 0.795. The summed E-state index contributed by atoms with van der Waals surface area (Å²) in [7, 11) is 0. The molecule has 1 unspecified atom stereocenters. The molecule has 0 spiro atoms. The van der Waals surface area contributed by atoms with Gasteiger partial charge in [-0.1, -0.05) is 12.1 Å². The normalized spacial score (nSPS) is 21.9. The molecule has 2 rings (SSSR count). The van der Waals surface area contributed by atoms with Crippen LogP contribution in [0.1, 0.15) is 25.1 Å². The van der Waals surface area contributed by atoms with Gasteiger partial charge in [0.05, 0.1) is 32.4 Å². The van der Waals surface area contributed by atoms with Crippen LogP contribution in [0.3, 0.4) is 0 Å². The maximum Gasteiger partial charge on any atom is 0.226 e. The van der Waals surface area contributed by atoms with Gasteiger partial charge in [0.25, 0.3) is 0 Å². The van der Waals surface area contributed by atoms with E-state index in [0.717, 1.165) is 19.4 Å². The monoisotopic (exact) mass is 241 g/mol. The van der Waals surface area contributed by atoms with E-state index in [0.29, 0.717) is 31.5 Å². The summed E-state index contributed by atoms with van der Waals surface area (Å²) in [4.78, 5) is 6.45. The predicted molar refractivity (Wildman–Crippen MR) is 60.4 cm³/mol. The zero-order valence-electron chi connectivity index (χ0n) is 10.1. The van der Waals surface area contributed by atoms with Gasteiger partial charge in [0.1, 0.15) is 0 Å². The number of hydrogen-bond acceptors (Lipinski definition) is 6. The summed E-state index contributed by atoms with van der Waals surface area (Å²) in [5, 5.41) is 13.2. The molecule has 0 radical (unpaired) electrons. The molecule has 96 valence electrons. The molecule has 0 bridgehead atoms. The molecule has 1 aromatic rings. The SMILES string of the molecule is CCCc1nc(CN2CCOCC2CO)no1. The van der Waals surface area contributed by atoms with Crippen molar-refractivity contribution in [2.24, 2.45) is 0 Å². The van der Waals surface area contributed by atoms with Gasteiger partial charge < -0.3 is 14.4 Å². The first-order valence-corrected chi connectivity index (χ1v) is 6.07. The van der Waals surface area contributed by atoms with Crippen LogP contribution in [0.5, 0.6) is 0 Å². The molecule has 1 N–H and O–H groups in total. The maximum atomic E-state index is 9.24. The topological polar surface area (TPSA) is 71.6 Å². The van der Waals surface area contributed by atoms with E-state index in [1.54, 1.807) is 0 Å². The number of rotatable bonds is 5. The van der Waals surface area contributed by atoms with Gasteiger partial charge in [-0.05, 0) is 6.42 Å². The zero-order valence-corrected chi connectivity index (χ0v) is 10.1. The Labute approximate surface area is 101 Å². The van der Waals surface area contributed by atoms with Gasteiger partial charge in [-0.2, -0.15) is 4.98 Å². The maximum absolute atomic E-state index is 9.24. The van der Waals surface area contributed by atoms with Gasteiger partial charge in [0.2, 0.25) is 5.89 Å². The van der Waals surface area contributed by atoms with E-state index in [9.17, 15) is 5.11 Å². The highest BCUT2D eigenvalue weighted by molar-refractivity contribution is 4.88. The van der Waals surface area contributed by atoms with E-state index < -0.39 is 0 Å². The molecule has 1 aromatic heterocycles. The predicted octanol–water partition coefficient (Wildman–Crippen LogP) is 0.215. The molecule has 17 heavy (non-hydrogen) atoms. The number of aryl methyl sites for hydroxylation is 1. The fourth-order valence-corrected chi connectivity index (χ4v) is 1.92. The number of morpholine rings is 1. The molecule has 0 saturated carbocycles. The molecule has 1 atom stereocenters. The van der Waals surface area contributed by atoms with Crippen LogP contribution in [-0.2, 0) is 17.7 Å². The summed E-state index contributed by atoms with van der Waals surface area (Å²) < 4.78 is 10.5. The van der Waals surface area contributed by atoms with Gasteiger partial charge in [-0.3, -0.25) is 4.90 Å². The number of ether oxygens (including phenoxy) is 1. The number of aromatic nitrogens is 2. The summed E-state index contributed by atoms with van der Waals surface area (Å²) in [5.74, 6) is 1.38. The minimum Gasteiger partial charge on any atom is -0.395 e. The second kappa shape index (κ2) is 6.09. The van der Waals surface area contributed by atoms with Crippen LogP contribution in [-0.4, -0.2) is 52.6 Å². The first-order valence-electron chi connectivity index (χ1n) is 6.07. The molecule has 2 heterocycles. The molecule has 1 aliphatic rings. The Kier molecular flexibility index (Phi) is 4.47. The molecule has 6 heteroatoms. The lowest BCUT2D eigenvalue weighted by Crippen LogP contribution is -2.47. The Bertz CT molecular complexity index is 342. The first-order chi connectivity index (χ1) is 8.33. The summed E-state index contributed by atoms with van der Waals surface area (Å²) in [6.45, 7) is 4.84. The number of aliphatic hydroxyl groups excluding tert-OH is 1. The van der Waals surface area contributed by atoms with Crippen LogP contribution in [0.4, 0.5) is 0 Å². The van der Waals surface area contributed by atoms with Crippen LogP contribution in [0, 0.1) is 0 Å². The van der Waals surface area contributed by atoms with Crippen LogP contribution in [0.15, 0.2) is 4.52 Å². The van der Waals surface area contributed by atoms with Crippen molar-refractivity contribution in [2.75, 3.05) is 26.4 Å². The molecule has 1 aliphatic heterocycles. The molecular weight excluding hydrogens is 222 g/mol. The lowest BCUT2D eigenvalue weighted by Gasteiger charge is -2.33. The smallest absolute Gasteiger partial charge is 0.226 e. The van der Waals surface area contributed by atoms with E-state index in [1.165, 1.54) is 0 Å². The van der Waals surface area contributed by atoms with E-state index in [-0.39, 0.29) is 12.6 Å². The van der Waals surface area contributed by atoms with Crippen LogP contribution < -0.4 is 0 Å². The number of aliphatic hydroxyl groups is 1. The van der Waals surface area contributed by atoms with Crippen LogP contribution in [0.25, 0.3) is 0 Å². The van der Waals surface area contributed by atoms with Crippen LogP contribution >= 0.6 is 0 Å². The minimum absolute atomic E-state index is 0.0388. The largest absolute Gasteiger partial charge is 0.395 e. The standard InChI is InChI=1S/C11H19N3O3/c1-2-3-11-12-10(13-17-11)6-14-4-5-16-8-9(14)7-15/h9,15H,2-8H2,1H3. The lowest BCUT2D eigenvalue weighted by molar-refractivity contribution is -0.0324. The Morgan fingerprint density at radius 3 is 3.18 bits per heavy atom. The van der Waals surface area contributed by atoms with E-state index in [4.69, 9.17) is 9.26 Å². The molecule has 1 fully saturated rings. The van der Waals surface area contributed by atoms with Crippen molar-refractivity contribution in [2.45, 2.75) is 32.4 Å². The first kappa shape index (κ1) is 12.5. The van der Waals surface area contributed by atoms with Gasteiger partial charge >= 0.3 is 0 Å². The fourth-order valence-electron chi connectivity index (χ4n) is 1.92. The van der Waals surface area contributed by atoms with Crippen molar-refractivity contribution >= 4 is 0 Å². The van der Waals surface area contributed by atoms with Crippen molar-refractivity contribution in [3.63, 3.8) is 0 Å². The highest BCUT2D eigenvalue weighted by Crippen LogP contribution is 2.10. The Balaban J connectivity index is 1.93. The van der Waals surface area contributed by atoms with Gasteiger partial charge in [-0.15, -0.1) is 0 Å². The molecule has 6 nitrogen and oxygen atoms in total.